The molecule has 6 N–H and O–H groups in total. The molecule has 0 saturated carbocycles. The number of likely N-dealkylation sites (N-methyl/N-ethyl adjacent to an activating group) is 1. The van der Waals surface area contributed by atoms with Crippen molar-refractivity contribution in [1.29, 1.82) is 0 Å². The Labute approximate surface area is 186 Å². The Morgan fingerprint density at radius 2 is 1.88 bits per heavy atom. The average Bonchev–Trinajstić information content (AvgIpc) is 2.77. The summed E-state index contributed by atoms with van der Waals surface area (Å²) in [7, 11) is 1.32. The first-order valence-corrected chi connectivity index (χ1v) is 9.73. The van der Waals surface area contributed by atoms with Crippen LogP contribution in [-0.4, -0.2) is 66.0 Å². The molecule has 0 aliphatic carbocycles. The molecule has 1 aromatic carbocycles. The molecule has 1 unspecified atom stereocenters. The maximum Gasteiger partial charge on any atom is 0.326 e. The third-order valence-corrected chi connectivity index (χ3v) is 4.80. The second kappa shape index (κ2) is 9.72. The highest BCUT2D eigenvalue weighted by Crippen LogP contribution is 2.15. The molecule has 33 heavy (non-hydrogen) atoms. The number of benzene rings is 1. The molecule has 3 rings (SSSR count). The quantitative estimate of drug-likeness (QED) is 0.296. The standard InChI is InChI=1S/C20H21N7O6/c1-27(13(19(32)33)6-7-14(28)29)18(31)10-2-4-11(5-3-10)22-8-12-9-23-16-15(24-12)17(30)26-20(21)25-16/h2-5,9,13,22H,6-8H2,1H3,(H,28,29)(H,32,33)(H3,21,23,25,26,30). The molecule has 0 radical (unpaired) electrons. The number of amides is 1. The van der Waals surface area contributed by atoms with Crippen molar-refractivity contribution < 1.29 is 24.6 Å². The molecule has 0 saturated heterocycles. The van der Waals surface area contributed by atoms with Gasteiger partial charge in [-0.1, -0.05) is 0 Å². The average molecular weight is 455 g/mol. The number of rotatable bonds is 9. The number of nitrogens with one attached hydrogen (secondary N) is 2. The molecule has 1 amide bonds. The van der Waals surface area contributed by atoms with E-state index in [-0.39, 0.29) is 42.1 Å². The third-order valence-electron chi connectivity index (χ3n) is 4.80. The van der Waals surface area contributed by atoms with Gasteiger partial charge < -0.3 is 26.2 Å². The van der Waals surface area contributed by atoms with Crippen molar-refractivity contribution in [2.75, 3.05) is 18.1 Å². The van der Waals surface area contributed by atoms with Crippen LogP contribution in [0.15, 0.2) is 35.3 Å². The van der Waals surface area contributed by atoms with Gasteiger partial charge in [0.2, 0.25) is 5.95 Å². The topological polar surface area (TPSA) is 204 Å². The maximum absolute atomic E-state index is 12.6. The number of aromatic nitrogens is 4. The monoisotopic (exact) mass is 455 g/mol. The van der Waals surface area contributed by atoms with E-state index in [2.05, 4.69) is 25.3 Å². The lowest BCUT2D eigenvalue weighted by Gasteiger charge is -2.24. The molecule has 3 aromatic rings. The van der Waals surface area contributed by atoms with E-state index >= 15 is 0 Å². The predicted octanol–water partition coefficient (Wildman–Crippen LogP) is 0.297. The van der Waals surface area contributed by atoms with Crippen molar-refractivity contribution in [2.45, 2.75) is 25.4 Å². The zero-order chi connectivity index (χ0) is 24.1. The maximum atomic E-state index is 12.6. The lowest BCUT2D eigenvalue weighted by atomic mass is 10.1. The number of carboxylic acids is 2. The lowest BCUT2D eigenvalue weighted by Crippen LogP contribution is -2.42. The van der Waals surface area contributed by atoms with E-state index in [9.17, 15) is 24.3 Å². The van der Waals surface area contributed by atoms with Crippen LogP contribution in [0.3, 0.4) is 0 Å². The summed E-state index contributed by atoms with van der Waals surface area (Å²) in [5.41, 5.74) is 6.53. The van der Waals surface area contributed by atoms with Crippen molar-refractivity contribution in [3.8, 4) is 0 Å². The molecule has 13 heteroatoms. The van der Waals surface area contributed by atoms with Gasteiger partial charge in [-0.2, -0.15) is 4.98 Å². The Morgan fingerprint density at radius 1 is 1.18 bits per heavy atom. The molecule has 0 bridgehead atoms. The number of nitrogens with zero attached hydrogens (tertiary/aromatic N) is 4. The Hall–Kier alpha value is -4.55. The smallest absolute Gasteiger partial charge is 0.326 e. The number of carbonyl (C=O) groups is 3. The Balaban J connectivity index is 1.66. The van der Waals surface area contributed by atoms with E-state index in [4.69, 9.17) is 10.8 Å². The van der Waals surface area contributed by atoms with Gasteiger partial charge in [-0.15, -0.1) is 0 Å². The van der Waals surface area contributed by atoms with E-state index in [1.807, 2.05) is 0 Å². The number of nitrogens with two attached hydrogens (primary N) is 1. The van der Waals surface area contributed by atoms with Crippen LogP contribution < -0.4 is 16.6 Å². The van der Waals surface area contributed by atoms with E-state index in [0.29, 0.717) is 11.4 Å². The molecular weight excluding hydrogens is 434 g/mol. The van der Waals surface area contributed by atoms with Crippen molar-refractivity contribution in [1.82, 2.24) is 24.8 Å². The number of nitrogen functional groups attached to an aromatic ring is 1. The summed E-state index contributed by atoms with van der Waals surface area (Å²) in [4.78, 5) is 62.3. The molecule has 0 aliphatic heterocycles. The van der Waals surface area contributed by atoms with Gasteiger partial charge in [0, 0.05) is 24.7 Å². The largest absolute Gasteiger partial charge is 0.481 e. The number of carboxylic acid groups (broad SMARTS) is 2. The number of fused-ring (bicyclic) bond motifs is 1. The molecule has 0 fully saturated rings. The van der Waals surface area contributed by atoms with Crippen LogP contribution in [-0.2, 0) is 16.1 Å². The van der Waals surface area contributed by atoms with Gasteiger partial charge in [-0.25, -0.2) is 14.8 Å². The Morgan fingerprint density at radius 3 is 2.52 bits per heavy atom. The second-order valence-corrected chi connectivity index (χ2v) is 7.12. The summed E-state index contributed by atoms with van der Waals surface area (Å²) >= 11 is 0. The summed E-state index contributed by atoms with van der Waals surface area (Å²) in [5, 5.41) is 21.2. The summed E-state index contributed by atoms with van der Waals surface area (Å²) in [6, 6.07) is 5.02. The van der Waals surface area contributed by atoms with Crippen LogP contribution in [0.25, 0.3) is 11.2 Å². The first-order chi connectivity index (χ1) is 15.7. The third kappa shape index (κ3) is 5.58. The van der Waals surface area contributed by atoms with Gasteiger partial charge in [0.1, 0.15) is 6.04 Å². The van der Waals surface area contributed by atoms with Crippen molar-refractivity contribution in [2.24, 2.45) is 0 Å². The number of aromatic amines is 1. The first kappa shape index (κ1) is 23.1. The summed E-state index contributed by atoms with van der Waals surface area (Å²) in [5.74, 6) is -3.02. The highest BCUT2D eigenvalue weighted by atomic mass is 16.4. The Bertz CT molecular complexity index is 1260. The minimum Gasteiger partial charge on any atom is -0.481 e. The zero-order valence-corrected chi connectivity index (χ0v) is 17.5. The zero-order valence-electron chi connectivity index (χ0n) is 17.5. The van der Waals surface area contributed by atoms with Crippen LogP contribution in [0.4, 0.5) is 11.6 Å². The number of hydrogen-bond acceptors (Lipinski definition) is 9. The van der Waals surface area contributed by atoms with Crippen LogP contribution >= 0.6 is 0 Å². The van der Waals surface area contributed by atoms with Crippen LogP contribution in [0.5, 0.6) is 0 Å². The highest BCUT2D eigenvalue weighted by Gasteiger charge is 2.27. The van der Waals surface area contributed by atoms with Crippen LogP contribution in [0.1, 0.15) is 28.9 Å². The van der Waals surface area contributed by atoms with Crippen LogP contribution in [0, 0.1) is 0 Å². The van der Waals surface area contributed by atoms with Gasteiger partial charge >= 0.3 is 11.9 Å². The van der Waals surface area contributed by atoms with Gasteiger partial charge in [0.05, 0.1) is 18.4 Å². The van der Waals surface area contributed by atoms with Crippen molar-refractivity contribution >= 4 is 40.6 Å². The molecule has 0 spiro atoms. The minimum absolute atomic E-state index is 0.0514. The van der Waals surface area contributed by atoms with Gasteiger partial charge in [-0.3, -0.25) is 19.4 Å². The second-order valence-electron chi connectivity index (χ2n) is 7.12. The summed E-state index contributed by atoms with van der Waals surface area (Å²) in [6.07, 6.45) is 0.881. The minimum atomic E-state index is -1.28. The normalized spacial score (nSPS) is 11.7. The first-order valence-electron chi connectivity index (χ1n) is 9.73. The molecule has 1 atom stereocenters. The van der Waals surface area contributed by atoms with Crippen molar-refractivity contribution in [3.05, 3.63) is 52.1 Å². The molecule has 2 aromatic heterocycles. The van der Waals surface area contributed by atoms with E-state index in [1.54, 1.807) is 12.1 Å². The van der Waals surface area contributed by atoms with Gasteiger partial charge in [0.15, 0.2) is 11.2 Å². The number of H-pyrrole nitrogens is 1. The fraction of sp³-hybridized carbons (Fsp3) is 0.250. The van der Waals surface area contributed by atoms with E-state index in [0.717, 1.165) is 4.90 Å². The molecular formula is C20H21N7O6. The number of carbonyl (C=O) groups excluding carboxylic acids is 1. The van der Waals surface area contributed by atoms with E-state index < -0.39 is 29.4 Å². The fourth-order valence-electron chi connectivity index (χ4n) is 3.07. The van der Waals surface area contributed by atoms with Crippen molar-refractivity contribution in [3.63, 3.8) is 0 Å². The number of anilines is 2. The molecule has 2 heterocycles. The van der Waals surface area contributed by atoms with Crippen LogP contribution in [0.2, 0.25) is 0 Å². The number of aliphatic carboxylic acids is 2. The summed E-state index contributed by atoms with van der Waals surface area (Å²) < 4.78 is 0. The van der Waals surface area contributed by atoms with Gasteiger partial charge in [0.25, 0.3) is 11.5 Å². The Kier molecular flexibility index (Phi) is 6.81. The number of hydrogen-bond donors (Lipinski definition) is 5. The highest BCUT2D eigenvalue weighted by molar-refractivity contribution is 5.96. The molecule has 172 valence electrons. The summed E-state index contributed by atoms with van der Waals surface area (Å²) in [6.45, 7) is 0.232. The molecule has 0 aliphatic rings. The van der Waals surface area contributed by atoms with Gasteiger partial charge in [-0.05, 0) is 30.7 Å². The van der Waals surface area contributed by atoms with E-state index in [1.165, 1.54) is 25.4 Å². The SMILES string of the molecule is CN(C(=O)c1ccc(NCc2cnc3nc(N)[nH]c(=O)c3n2)cc1)C(CCC(=O)O)C(=O)O. The predicted molar refractivity (Wildman–Crippen MR) is 117 cm³/mol. The fourth-order valence-corrected chi connectivity index (χ4v) is 3.07. The lowest BCUT2D eigenvalue weighted by molar-refractivity contribution is -0.143. The molecule has 13 nitrogen and oxygen atoms in total.